The Hall–Kier alpha value is -1.76. The molecular formula is C10H11NO5S. The van der Waals surface area contributed by atoms with Crippen LogP contribution in [-0.4, -0.2) is 25.4 Å². The highest BCUT2D eigenvalue weighted by Gasteiger charge is 2.26. The molecule has 0 spiro atoms. The molecule has 6 nitrogen and oxygen atoms in total. The molecule has 1 aromatic rings. The van der Waals surface area contributed by atoms with Gasteiger partial charge in [-0.25, -0.2) is 8.42 Å². The van der Waals surface area contributed by atoms with Crippen LogP contribution in [0, 0.1) is 10.1 Å². The number of sulfone groups is 1. The molecule has 0 fully saturated rings. The summed E-state index contributed by atoms with van der Waals surface area (Å²) in [7, 11) is -3.69. The van der Waals surface area contributed by atoms with Gasteiger partial charge in [-0.2, -0.15) is 0 Å². The van der Waals surface area contributed by atoms with Crippen LogP contribution in [0.2, 0.25) is 0 Å². The number of Topliss-reactive ketones (excluding diaryl/α,β-unsaturated/α-hetero) is 1. The molecule has 17 heavy (non-hydrogen) atoms. The van der Waals surface area contributed by atoms with E-state index in [9.17, 15) is 23.3 Å². The Morgan fingerprint density at radius 3 is 2.41 bits per heavy atom. The number of hydrogen-bond donors (Lipinski definition) is 0. The molecule has 0 heterocycles. The standard InChI is InChI=1S/C10H11NO5S/c1-7(12)6-8-4-3-5-9(17(2,15)16)10(8)11(13)14/h3-5H,6H2,1-2H3. The molecule has 92 valence electrons. The van der Waals surface area contributed by atoms with Crippen molar-refractivity contribution in [3.8, 4) is 0 Å². The number of benzene rings is 1. The van der Waals surface area contributed by atoms with Gasteiger partial charge < -0.3 is 0 Å². The first kappa shape index (κ1) is 13.3. The number of rotatable bonds is 4. The van der Waals surface area contributed by atoms with Gasteiger partial charge in [-0.05, 0) is 13.0 Å². The van der Waals surface area contributed by atoms with Gasteiger partial charge in [0.05, 0.1) is 4.92 Å². The predicted octanol–water partition coefficient (Wildman–Crippen LogP) is 1.13. The van der Waals surface area contributed by atoms with Crippen LogP contribution in [0.4, 0.5) is 5.69 Å². The van der Waals surface area contributed by atoms with Gasteiger partial charge in [0.2, 0.25) is 0 Å². The average Bonchev–Trinajstić information content (AvgIpc) is 2.14. The number of carbonyl (C=O) groups excluding carboxylic acids is 1. The average molecular weight is 257 g/mol. The van der Waals surface area contributed by atoms with Gasteiger partial charge in [0.25, 0.3) is 5.69 Å². The zero-order valence-electron chi connectivity index (χ0n) is 9.34. The summed E-state index contributed by atoms with van der Waals surface area (Å²) in [5.41, 5.74) is -0.393. The molecule has 1 rings (SSSR count). The number of carbonyl (C=O) groups is 1. The highest BCUT2D eigenvalue weighted by atomic mass is 32.2. The Balaban J connectivity index is 3.54. The second kappa shape index (κ2) is 4.62. The van der Waals surface area contributed by atoms with Crippen LogP contribution < -0.4 is 0 Å². The van der Waals surface area contributed by atoms with Gasteiger partial charge in [-0.3, -0.25) is 14.9 Å². The highest BCUT2D eigenvalue weighted by Crippen LogP contribution is 2.28. The van der Waals surface area contributed by atoms with Gasteiger partial charge in [-0.1, -0.05) is 12.1 Å². The van der Waals surface area contributed by atoms with E-state index >= 15 is 0 Å². The van der Waals surface area contributed by atoms with Crippen LogP contribution in [0.5, 0.6) is 0 Å². The molecule has 7 heteroatoms. The summed E-state index contributed by atoms with van der Waals surface area (Å²) in [4.78, 5) is 20.7. The summed E-state index contributed by atoms with van der Waals surface area (Å²) >= 11 is 0. The fourth-order valence-corrected chi connectivity index (χ4v) is 2.37. The fourth-order valence-electron chi connectivity index (χ4n) is 1.49. The first-order chi connectivity index (χ1) is 7.73. The van der Waals surface area contributed by atoms with Crippen molar-refractivity contribution in [1.82, 2.24) is 0 Å². The fraction of sp³-hybridized carbons (Fsp3) is 0.300. The molecule has 0 saturated carbocycles. The molecule has 0 aliphatic heterocycles. The summed E-state index contributed by atoms with van der Waals surface area (Å²) in [6.07, 6.45) is 0.743. The van der Waals surface area contributed by atoms with Crippen molar-refractivity contribution >= 4 is 21.3 Å². The lowest BCUT2D eigenvalue weighted by Gasteiger charge is -2.05. The summed E-state index contributed by atoms with van der Waals surface area (Å²) < 4.78 is 22.8. The van der Waals surface area contributed by atoms with Gasteiger partial charge in [0, 0.05) is 18.2 Å². The maximum absolute atomic E-state index is 11.4. The van der Waals surface area contributed by atoms with Crippen LogP contribution in [0.15, 0.2) is 23.1 Å². The Bertz CT molecular complexity index is 576. The largest absolute Gasteiger partial charge is 0.300 e. The van der Waals surface area contributed by atoms with Gasteiger partial charge in [0.15, 0.2) is 9.84 Å². The van der Waals surface area contributed by atoms with E-state index in [2.05, 4.69) is 0 Å². The molecule has 1 aromatic carbocycles. The predicted molar refractivity (Wildman–Crippen MR) is 60.6 cm³/mol. The number of hydrogen-bond acceptors (Lipinski definition) is 5. The van der Waals surface area contributed by atoms with E-state index in [1.165, 1.54) is 19.1 Å². The van der Waals surface area contributed by atoms with Gasteiger partial charge in [0.1, 0.15) is 10.7 Å². The second-order valence-electron chi connectivity index (χ2n) is 3.67. The maximum Gasteiger partial charge on any atom is 0.291 e. The zero-order chi connectivity index (χ0) is 13.2. The smallest absolute Gasteiger partial charge is 0.291 e. The van der Waals surface area contributed by atoms with Crippen LogP contribution in [0.25, 0.3) is 0 Å². The molecule has 0 radical (unpaired) electrons. The molecule has 0 saturated heterocycles. The van der Waals surface area contributed by atoms with E-state index in [-0.39, 0.29) is 22.7 Å². The number of nitro benzene ring substituents is 1. The first-order valence-electron chi connectivity index (χ1n) is 4.69. The normalized spacial score (nSPS) is 11.2. The molecule has 0 N–H and O–H groups in total. The molecule has 0 amide bonds. The third-order valence-corrected chi connectivity index (χ3v) is 3.23. The SMILES string of the molecule is CC(=O)Cc1cccc(S(C)(=O)=O)c1[N+](=O)[O-]. The molecule has 0 unspecified atom stereocenters. The Morgan fingerprint density at radius 1 is 1.41 bits per heavy atom. The summed E-state index contributed by atoms with van der Waals surface area (Å²) in [6.45, 7) is 1.29. The van der Waals surface area contributed by atoms with Crippen LogP contribution in [-0.2, 0) is 21.1 Å². The van der Waals surface area contributed by atoms with E-state index in [0.29, 0.717) is 0 Å². The van der Waals surface area contributed by atoms with Gasteiger partial charge in [-0.15, -0.1) is 0 Å². The van der Waals surface area contributed by atoms with Crippen molar-refractivity contribution in [2.24, 2.45) is 0 Å². The first-order valence-corrected chi connectivity index (χ1v) is 6.58. The van der Waals surface area contributed by atoms with Gasteiger partial charge >= 0.3 is 0 Å². The third kappa shape index (κ3) is 3.10. The van der Waals surface area contributed by atoms with Crippen molar-refractivity contribution in [1.29, 1.82) is 0 Å². The van der Waals surface area contributed by atoms with Crippen molar-refractivity contribution < 1.29 is 18.1 Å². The number of para-hydroxylation sites is 1. The van der Waals surface area contributed by atoms with E-state index in [0.717, 1.165) is 12.3 Å². The molecular weight excluding hydrogens is 246 g/mol. The second-order valence-corrected chi connectivity index (χ2v) is 5.66. The number of nitro groups is 1. The van der Waals surface area contributed by atoms with E-state index in [1.54, 1.807) is 0 Å². The molecule has 0 aliphatic rings. The minimum atomic E-state index is -3.69. The summed E-state index contributed by atoms with van der Waals surface area (Å²) in [5, 5.41) is 10.9. The number of nitrogens with zero attached hydrogens (tertiary/aromatic N) is 1. The Morgan fingerprint density at radius 2 is 2.00 bits per heavy atom. The Labute approximate surface area is 98.3 Å². The lowest BCUT2D eigenvalue weighted by molar-refractivity contribution is -0.388. The summed E-state index contributed by atoms with van der Waals surface area (Å²) in [5.74, 6) is -0.265. The van der Waals surface area contributed by atoms with Crippen molar-refractivity contribution in [3.05, 3.63) is 33.9 Å². The maximum atomic E-state index is 11.4. The van der Waals surface area contributed by atoms with Crippen LogP contribution in [0.3, 0.4) is 0 Å². The lowest BCUT2D eigenvalue weighted by atomic mass is 10.1. The minimum absolute atomic E-state index is 0.116. The zero-order valence-corrected chi connectivity index (χ0v) is 10.2. The Kier molecular flexibility index (Phi) is 3.62. The third-order valence-electron chi connectivity index (χ3n) is 2.10. The van der Waals surface area contributed by atoms with E-state index in [1.807, 2.05) is 0 Å². The van der Waals surface area contributed by atoms with Crippen molar-refractivity contribution in [2.45, 2.75) is 18.2 Å². The molecule has 0 aromatic heterocycles. The molecule has 0 bridgehead atoms. The van der Waals surface area contributed by atoms with Crippen molar-refractivity contribution in [2.75, 3.05) is 6.26 Å². The monoisotopic (exact) mass is 257 g/mol. The lowest BCUT2D eigenvalue weighted by Crippen LogP contribution is -2.07. The minimum Gasteiger partial charge on any atom is -0.300 e. The molecule has 0 aliphatic carbocycles. The van der Waals surface area contributed by atoms with Crippen LogP contribution >= 0.6 is 0 Å². The van der Waals surface area contributed by atoms with E-state index < -0.39 is 20.4 Å². The van der Waals surface area contributed by atoms with Crippen LogP contribution in [0.1, 0.15) is 12.5 Å². The van der Waals surface area contributed by atoms with E-state index in [4.69, 9.17) is 0 Å². The topological polar surface area (TPSA) is 94.3 Å². The number of ketones is 1. The summed E-state index contributed by atoms with van der Waals surface area (Å²) in [6, 6.07) is 3.94. The van der Waals surface area contributed by atoms with Crippen molar-refractivity contribution in [3.63, 3.8) is 0 Å². The quantitative estimate of drug-likeness (QED) is 0.595. The highest BCUT2D eigenvalue weighted by molar-refractivity contribution is 7.90. The molecule has 0 atom stereocenters.